The van der Waals surface area contributed by atoms with Crippen molar-refractivity contribution in [3.05, 3.63) is 52.9 Å². The molecule has 1 aromatic carbocycles. The van der Waals surface area contributed by atoms with Crippen molar-refractivity contribution in [2.24, 2.45) is 5.16 Å². The molecule has 1 aliphatic rings. The van der Waals surface area contributed by atoms with Crippen molar-refractivity contribution in [2.45, 2.75) is 24.2 Å². The van der Waals surface area contributed by atoms with Crippen molar-refractivity contribution in [1.29, 1.82) is 0 Å². The Kier molecular flexibility index (Phi) is 3.73. The monoisotopic (exact) mass is 325 g/mol. The third-order valence-electron chi connectivity index (χ3n) is 3.22. The first kappa shape index (κ1) is 14.2. The van der Waals surface area contributed by atoms with Gasteiger partial charge in [0.15, 0.2) is 0 Å². The molecule has 0 atom stereocenters. The molecule has 0 bridgehead atoms. The highest BCUT2D eigenvalue weighted by molar-refractivity contribution is 7.86. The molecule has 0 saturated heterocycles. The van der Waals surface area contributed by atoms with Gasteiger partial charge in [0, 0.05) is 17.0 Å². The molecule has 0 radical (unpaired) electrons. The van der Waals surface area contributed by atoms with Gasteiger partial charge in [-0.25, -0.2) is 0 Å². The second kappa shape index (κ2) is 5.54. The van der Waals surface area contributed by atoms with Crippen molar-refractivity contribution >= 4 is 27.4 Å². The first-order valence-corrected chi connectivity index (χ1v) is 8.18. The lowest BCUT2D eigenvalue weighted by atomic mass is 9.97. The van der Waals surface area contributed by atoms with Crippen LogP contribution >= 0.6 is 11.6 Å². The van der Waals surface area contributed by atoms with E-state index in [9.17, 15) is 8.42 Å². The van der Waals surface area contributed by atoms with E-state index in [-0.39, 0.29) is 4.90 Å². The summed E-state index contributed by atoms with van der Waals surface area (Å²) < 4.78 is 34.2. The molecule has 0 unspecified atom stereocenters. The number of halogens is 1. The average molecular weight is 326 g/mol. The number of rotatable bonds is 3. The Morgan fingerprint density at radius 2 is 1.90 bits per heavy atom. The van der Waals surface area contributed by atoms with E-state index in [1.54, 1.807) is 12.3 Å². The van der Waals surface area contributed by atoms with Crippen molar-refractivity contribution in [3.8, 4) is 0 Å². The van der Waals surface area contributed by atoms with E-state index >= 15 is 0 Å². The van der Waals surface area contributed by atoms with Crippen LogP contribution in [0.15, 0.2) is 51.1 Å². The summed E-state index contributed by atoms with van der Waals surface area (Å²) in [5.41, 5.74) is 1.40. The van der Waals surface area contributed by atoms with Crippen LogP contribution in [0.3, 0.4) is 0 Å². The molecule has 7 heteroatoms. The Morgan fingerprint density at radius 3 is 2.67 bits per heavy atom. The van der Waals surface area contributed by atoms with Gasteiger partial charge in [0.2, 0.25) is 0 Å². The van der Waals surface area contributed by atoms with Gasteiger partial charge in [0.25, 0.3) is 0 Å². The Labute approximate surface area is 127 Å². The summed E-state index contributed by atoms with van der Waals surface area (Å²) in [6.45, 7) is 0. The van der Waals surface area contributed by atoms with Gasteiger partial charge in [-0.3, -0.25) is 4.28 Å². The third-order valence-corrected chi connectivity index (χ3v) is 4.59. The van der Waals surface area contributed by atoms with Gasteiger partial charge in [-0.05, 0) is 43.2 Å². The van der Waals surface area contributed by atoms with Gasteiger partial charge in [-0.2, -0.15) is 8.42 Å². The zero-order valence-electron chi connectivity index (χ0n) is 11.0. The van der Waals surface area contributed by atoms with Gasteiger partial charge in [0.05, 0.1) is 12.0 Å². The molecule has 1 heterocycles. The van der Waals surface area contributed by atoms with Gasteiger partial charge < -0.3 is 4.42 Å². The van der Waals surface area contributed by atoms with Gasteiger partial charge in [-0.15, -0.1) is 0 Å². The van der Waals surface area contributed by atoms with Crippen LogP contribution in [0, 0.1) is 0 Å². The molecule has 2 aromatic rings. The maximum Gasteiger partial charge on any atom is 0.358 e. The molecular formula is C14H12ClNO4S. The lowest BCUT2D eigenvalue weighted by Crippen LogP contribution is -2.12. The predicted octanol–water partition coefficient (Wildman–Crippen LogP) is 3.38. The Bertz CT molecular complexity index is 778. The van der Waals surface area contributed by atoms with E-state index in [0.29, 0.717) is 17.2 Å². The lowest BCUT2D eigenvalue weighted by Gasteiger charge is -2.11. The smallest absolute Gasteiger partial charge is 0.358 e. The number of oxime groups is 1. The van der Waals surface area contributed by atoms with Gasteiger partial charge in [0.1, 0.15) is 10.7 Å². The topological polar surface area (TPSA) is 68.9 Å². The van der Waals surface area contributed by atoms with Crippen LogP contribution < -0.4 is 0 Å². The van der Waals surface area contributed by atoms with Crippen LogP contribution in [0.4, 0.5) is 0 Å². The summed E-state index contributed by atoms with van der Waals surface area (Å²) in [4.78, 5) is 0.0134. The summed E-state index contributed by atoms with van der Waals surface area (Å²) in [5.74, 6) is 0.812. The van der Waals surface area contributed by atoms with Crippen molar-refractivity contribution in [2.75, 3.05) is 0 Å². The number of hydrogen-bond donors (Lipinski definition) is 0. The van der Waals surface area contributed by atoms with E-state index in [4.69, 9.17) is 20.3 Å². The maximum absolute atomic E-state index is 12.0. The van der Waals surface area contributed by atoms with Crippen LogP contribution in [0.2, 0.25) is 5.02 Å². The molecule has 0 N–H and O–H groups in total. The van der Waals surface area contributed by atoms with Crippen molar-refractivity contribution in [3.63, 3.8) is 0 Å². The minimum atomic E-state index is -3.94. The Hall–Kier alpha value is -1.79. The quantitative estimate of drug-likeness (QED) is 0.811. The number of furan rings is 1. The fourth-order valence-electron chi connectivity index (χ4n) is 2.18. The minimum Gasteiger partial charge on any atom is -0.469 e. The molecule has 5 nitrogen and oxygen atoms in total. The molecule has 1 aliphatic carbocycles. The minimum absolute atomic E-state index is 0.0134. The van der Waals surface area contributed by atoms with E-state index in [1.807, 2.05) is 0 Å². The predicted molar refractivity (Wildman–Crippen MR) is 77.9 cm³/mol. The number of fused-ring (bicyclic) bond motifs is 1. The molecule has 21 heavy (non-hydrogen) atoms. The Balaban J connectivity index is 1.85. The fourth-order valence-corrected chi connectivity index (χ4v) is 3.05. The highest BCUT2D eigenvalue weighted by Gasteiger charge is 2.21. The van der Waals surface area contributed by atoms with Crippen molar-refractivity contribution in [1.82, 2.24) is 0 Å². The molecule has 3 rings (SSSR count). The molecule has 0 spiro atoms. The lowest BCUT2D eigenvalue weighted by molar-refractivity contribution is 0.337. The second-order valence-electron chi connectivity index (χ2n) is 4.63. The standard InChI is InChI=1S/C14H12ClNO4S/c15-10-4-6-11(7-5-10)21(17,18)20-16-13-2-1-3-14-12(13)8-9-19-14/h4-9H,1-3H2/b16-13-. The van der Waals surface area contributed by atoms with Crippen LogP contribution in [0.25, 0.3) is 0 Å². The molecule has 0 aliphatic heterocycles. The number of hydrogen-bond acceptors (Lipinski definition) is 5. The fraction of sp³-hybridized carbons (Fsp3) is 0.214. The molecule has 0 saturated carbocycles. The second-order valence-corrected chi connectivity index (χ2v) is 6.60. The number of aryl methyl sites for hydroxylation is 1. The first-order valence-electron chi connectivity index (χ1n) is 6.39. The summed E-state index contributed by atoms with van der Waals surface area (Å²) in [7, 11) is -3.94. The van der Waals surface area contributed by atoms with Crippen LogP contribution in [0.5, 0.6) is 0 Å². The van der Waals surface area contributed by atoms with Crippen LogP contribution in [0.1, 0.15) is 24.2 Å². The summed E-state index contributed by atoms with van der Waals surface area (Å²) >= 11 is 5.73. The third kappa shape index (κ3) is 2.96. The van der Waals surface area contributed by atoms with E-state index in [0.717, 1.165) is 24.2 Å². The highest BCUT2D eigenvalue weighted by atomic mass is 35.5. The molecule has 0 fully saturated rings. The van der Waals surface area contributed by atoms with Crippen LogP contribution in [-0.2, 0) is 20.8 Å². The summed E-state index contributed by atoms with van der Waals surface area (Å²) in [6, 6.07) is 7.50. The molecule has 1 aromatic heterocycles. The van der Waals surface area contributed by atoms with Gasteiger partial charge in [-0.1, -0.05) is 16.8 Å². The van der Waals surface area contributed by atoms with E-state index < -0.39 is 10.1 Å². The highest BCUT2D eigenvalue weighted by Crippen LogP contribution is 2.24. The average Bonchev–Trinajstić information content (AvgIpc) is 2.94. The first-order chi connectivity index (χ1) is 10.1. The van der Waals surface area contributed by atoms with Gasteiger partial charge >= 0.3 is 10.1 Å². The Morgan fingerprint density at radius 1 is 1.14 bits per heavy atom. The van der Waals surface area contributed by atoms with Crippen molar-refractivity contribution < 1.29 is 17.1 Å². The SMILES string of the molecule is O=S(=O)(O/N=C1/CCCc2occc21)c1ccc(Cl)cc1. The number of benzene rings is 1. The zero-order valence-corrected chi connectivity index (χ0v) is 12.5. The molecule has 110 valence electrons. The normalized spacial score (nSPS) is 16.7. The van der Waals surface area contributed by atoms with Crippen LogP contribution in [-0.4, -0.2) is 14.1 Å². The van der Waals surface area contributed by atoms with E-state index in [1.165, 1.54) is 24.3 Å². The maximum atomic E-state index is 12.0. The zero-order chi connectivity index (χ0) is 14.9. The molecule has 0 amide bonds. The summed E-state index contributed by atoms with van der Waals surface area (Å²) in [6.07, 6.45) is 3.90. The summed E-state index contributed by atoms with van der Waals surface area (Å²) in [5, 5.41) is 4.26. The molecular weight excluding hydrogens is 314 g/mol. The number of nitrogens with zero attached hydrogens (tertiary/aromatic N) is 1. The largest absolute Gasteiger partial charge is 0.469 e. The van der Waals surface area contributed by atoms with E-state index in [2.05, 4.69) is 5.16 Å².